The third-order valence-corrected chi connectivity index (χ3v) is 4.51. The van der Waals surface area contributed by atoms with Gasteiger partial charge in [0, 0.05) is 13.0 Å². The Bertz CT molecular complexity index is 575. The summed E-state index contributed by atoms with van der Waals surface area (Å²) >= 11 is 12.1. The third kappa shape index (κ3) is 3.63. The number of carbonyl (C=O) groups is 2. The molecule has 0 saturated carbocycles. The molecule has 4 nitrogen and oxygen atoms in total. The Labute approximate surface area is 133 Å². The lowest BCUT2D eigenvalue weighted by molar-refractivity contribution is -0.137. The van der Waals surface area contributed by atoms with Crippen molar-refractivity contribution in [3.8, 4) is 0 Å². The lowest BCUT2D eigenvalue weighted by atomic mass is 10.1. The first-order chi connectivity index (χ1) is 10.0. The van der Waals surface area contributed by atoms with Gasteiger partial charge in [0.15, 0.2) is 0 Å². The summed E-state index contributed by atoms with van der Waals surface area (Å²) in [6, 6.07) is 4.90. The summed E-state index contributed by atoms with van der Waals surface area (Å²) in [5, 5.41) is 0.959. The number of halogens is 2. The number of hydrogen-bond acceptors (Lipinski definition) is 2. The molecule has 1 aliphatic heterocycles. The molecule has 0 bridgehead atoms. The summed E-state index contributed by atoms with van der Waals surface area (Å²) in [5.41, 5.74) is 0.835. The average molecular weight is 327 g/mol. The molecule has 1 fully saturated rings. The van der Waals surface area contributed by atoms with E-state index in [1.807, 2.05) is 6.07 Å². The van der Waals surface area contributed by atoms with Crippen LogP contribution in [0.5, 0.6) is 0 Å². The van der Waals surface area contributed by atoms with Crippen LogP contribution >= 0.6 is 23.2 Å². The van der Waals surface area contributed by atoms with Crippen molar-refractivity contribution in [3.05, 3.63) is 33.8 Å². The zero-order chi connectivity index (χ0) is 15.4. The second-order valence-electron chi connectivity index (χ2n) is 4.95. The Morgan fingerprint density at radius 2 is 2.14 bits per heavy atom. The van der Waals surface area contributed by atoms with Crippen LogP contribution in [0.3, 0.4) is 0 Å². The predicted molar refractivity (Wildman–Crippen MR) is 84.1 cm³/mol. The first-order valence-corrected chi connectivity index (χ1v) is 7.53. The highest BCUT2D eigenvalue weighted by molar-refractivity contribution is 6.42. The van der Waals surface area contributed by atoms with E-state index in [1.54, 1.807) is 17.0 Å². The van der Waals surface area contributed by atoms with Gasteiger partial charge in [0.25, 0.3) is 5.91 Å². The highest BCUT2D eigenvalue weighted by Gasteiger charge is 2.33. The standard InChI is InChI=1S/C15H16Cl2N2O2/c1-18-15(21)12-6-3-9-19(12)13(20)8-7-10-4-2-5-11(16)14(10)17/h2,4-5,12H,1,3,6-9H2/t12-/m0/s1. The van der Waals surface area contributed by atoms with Gasteiger partial charge in [-0.25, -0.2) is 4.99 Å². The van der Waals surface area contributed by atoms with Crippen molar-refractivity contribution in [1.82, 2.24) is 4.90 Å². The highest BCUT2D eigenvalue weighted by atomic mass is 35.5. The molecule has 1 aliphatic rings. The fourth-order valence-corrected chi connectivity index (χ4v) is 2.97. The van der Waals surface area contributed by atoms with Crippen molar-refractivity contribution in [1.29, 1.82) is 0 Å². The van der Waals surface area contributed by atoms with Gasteiger partial charge in [0.05, 0.1) is 10.0 Å². The number of likely N-dealkylation sites (tertiary alicyclic amines) is 1. The molecule has 0 aliphatic carbocycles. The van der Waals surface area contributed by atoms with Crippen LogP contribution in [0, 0.1) is 0 Å². The van der Waals surface area contributed by atoms with E-state index in [9.17, 15) is 9.59 Å². The summed E-state index contributed by atoms with van der Waals surface area (Å²) in [4.78, 5) is 28.9. The van der Waals surface area contributed by atoms with Crippen LogP contribution in [0.15, 0.2) is 23.2 Å². The SMILES string of the molecule is C=NC(=O)[C@@H]1CCCN1C(=O)CCc1cccc(Cl)c1Cl. The van der Waals surface area contributed by atoms with Gasteiger partial charge in [0.2, 0.25) is 5.91 Å². The quantitative estimate of drug-likeness (QED) is 0.798. The number of carbonyl (C=O) groups excluding carboxylic acids is 2. The topological polar surface area (TPSA) is 49.7 Å². The van der Waals surface area contributed by atoms with Crippen molar-refractivity contribution in [2.45, 2.75) is 31.7 Å². The molecule has 0 spiro atoms. The van der Waals surface area contributed by atoms with Crippen molar-refractivity contribution in [2.75, 3.05) is 6.54 Å². The molecule has 1 heterocycles. The first-order valence-electron chi connectivity index (χ1n) is 6.77. The van der Waals surface area contributed by atoms with Crippen LogP contribution in [0.1, 0.15) is 24.8 Å². The van der Waals surface area contributed by atoms with Gasteiger partial charge in [-0.3, -0.25) is 9.59 Å². The van der Waals surface area contributed by atoms with Crippen LogP contribution in [-0.2, 0) is 16.0 Å². The van der Waals surface area contributed by atoms with E-state index in [2.05, 4.69) is 11.7 Å². The normalized spacial score (nSPS) is 17.8. The monoisotopic (exact) mass is 326 g/mol. The fourth-order valence-electron chi connectivity index (χ4n) is 2.55. The molecule has 2 amide bonds. The molecule has 0 unspecified atom stereocenters. The van der Waals surface area contributed by atoms with Crippen LogP contribution in [0.25, 0.3) is 0 Å². The number of amides is 2. The molecule has 6 heteroatoms. The first kappa shape index (κ1) is 16.0. The second-order valence-corrected chi connectivity index (χ2v) is 5.74. The zero-order valence-corrected chi connectivity index (χ0v) is 13.0. The number of aryl methyl sites for hydroxylation is 1. The summed E-state index contributed by atoms with van der Waals surface area (Å²) in [5.74, 6) is -0.396. The maximum Gasteiger partial charge on any atom is 0.267 e. The van der Waals surface area contributed by atoms with E-state index in [4.69, 9.17) is 23.2 Å². The average Bonchev–Trinajstić information content (AvgIpc) is 2.97. The van der Waals surface area contributed by atoms with E-state index < -0.39 is 6.04 Å². The maximum atomic E-state index is 12.3. The largest absolute Gasteiger partial charge is 0.331 e. The van der Waals surface area contributed by atoms with Gasteiger partial charge in [-0.05, 0) is 37.6 Å². The van der Waals surface area contributed by atoms with E-state index in [-0.39, 0.29) is 11.8 Å². The Hall–Kier alpha value is -1.39. The maximum absolute atomic E-state index is 12.3. The molecule has 1 aromatic rings. The molecule has 2 rings (SSSR count). The number of rotatable bonds is 4. The molecule has 0 radical (unpaired) electrons. The Kier molecular flexibility index (Phi) is 5.37. The molecule has 1 saturated heterocycles. The van der Waals surface area contributed by atoms with Crippen LogP contribution in [0.2, 0.25) is 10.0 Å². The molecule has 0 aromatic heterocycles. The van der Waals surface area contributed by atoms with Crippen molar-refractivity contribution >= 4 is 41.7 Å². The Morgan fingerprint density at radius 3 is 2.86 bits per heavy atom. The third-order valence-electron chi connectivity index (χ3n) is 3.65. The van der Waals surface area contributed by atoms with Crippen molar-refractivity contribution in [2.24, 2.45) is 4.99 Å². The van der Waals surface area contributed by atoms with E-state index in [0.717, 1.165) is 12.0 Å². The van der Waals surface area contributed by atoms with E-state index in [1.165, 1.54) is 0 Å². The lowest BCUT2D eigenvalue weighted by Gasteiger charge is -2.22. The van der Waals surface area contributed by atoms with Crippen LogP contribution < -0.4 is 0 Å². The van der Waals surface area contributed by atoms with E-state index in [0.29, 0.717) is 35.9 Å². The lowest BCUT2D eigenvalue weighted by Crippen LogP contribution is -2.39. The molecule has 1 aromatic carbocycles. The number of nitrogens with zero attached hydrogens (tertiary/aromatic N) is 2. The van der Waals surface area contributed by atoms with Gasteiger partial charge in [-0.2, -0.15) is 0 Å². The summed E-state index contributed by atoms with van der Waals surface area (Å²) < 4.78 is 0. The fraction of sp³-hybridized carbons (Fsp3) is 0.400. The summed E-state index contributed by atoms with van der Waals surface area (Å²) in [6.07, 6.45) is 2.26. The van der Waals surface area contributed by atoms with Gasteiger partial charge in [-0.1, -0.05) is 35.3 Å². The smallest absolute Gasteiger partial charge is 0.267 e. The zero-order valence-electron chi connectivity index (χ0n) is 11.5. The van der Waals surface area contributed by atoms with Gasteiger partial charge in [-0.15, -0.1) is 0 Å². The highest BCUT2D eigenvalue weighted by Crippen LogP contribution is 2.27. The molecular formula is C15H16Cl2N2O2. The summed E-state index contributed by atoms with van der Waals surface area (Å²) in [7, 11) is 0. The van der Waals surface area contributed by atoms with Crippen LogP contribution in [-0.4, -0.2) is 36.0 Å². The Balaban J connectivity index is 2.00. The van der Waals surface area contributed by atoms with Gasteiger partial charge in [0.1, 0.15) is 6.04 Å². The molecule has 112 valence electrons. The molecular weight excluding hydrogens is 311 g/mol. The van der Waals surface area contributed by atoms with Crippen LogP contribution in [0.4, 0.5) is 0 Å². The van der Waals surface area contributed by atoms with E-state index >= 15 is 0 Å². The molecule has 21 heavy (non-hydrogen) atoms. The number of benzene rings is 1. The Morgan fingerprint density at radius 1 is 1.38 bits per heavy atom. The van der Waals surface area contributed by atoms with Gasteiger partial charge < -0.3 is 4.90 Å². The summed E-state index contributed by atoms with van der Waals surface area (Å²) in [6.45, 7) is 3.84. The minimum absolute atomic E-state index is 0.0643. The molecule has 0 N–H and O–H groups in total. The molecule has 1 atom stereocenters. The van der Waals surface area contributed by atoms with Crippen molar-refractivity contribution in [3.63, 3.8) is 0 Å². The minimum Gasteiger partial charge on any atom is -0.331 e. The van der Waals surface area contributed by atoms with Gasteiger partial charge >= 0.3 is 0 Å². The number of hydrogen-bond donors (Lipinski definition) is 0. The van der Waals surface area contributed by atoms with Crippen molar-refractivity contribution < 1.29 is 9.59 Å². The number of aliphatic imine (C=N–C) groups is 1. The second kappa shape index (κ2) is 7.05. The predicted octanol–water partition coefficient (Wildman–Crippen LogP) is 3.14. The minimum atomic E-state index is -0.454.